The minimum absolute atomic E-state index is 0.0154. The Bertz CT molecular complexity index is 1930. The van der Waals surface area contributed by atoms with Gasteiger partial charge in [0.1, 0.15) is 11.0 Å². The second-order valence-electron chi connectivity index (χ2n) is 17.9. The van der Waals surface area contributed by atoms with Gasteiger partial charge in [-0.25, -0.2) is 4.98 Å². The lowest BCUT2D eigenvalue weighted by Gasteiger charge is -2.39. The summed E-state index contributed by atoms with van der Waals surface area (Å²) in [4.78, 5) is 67.1. The lowest BCUT2D eigenvalue weighted by atomic mass is 9.92. The number of ether oxygens (including phenoxy) is 2. The molecule has 3 N–H and O–H groups in total. The summed E-state index contributed by atoms with van der Waals surface area (Å²) in [6.45, 7) is 17.2. The van der Waals surface area contributed by atoms with E-state index in [1.165, 1.54) is 16.9 Å². The average Bonchev–Trinajstić information content (AvgIpc) is 4.01. The van der Waals surface area contributed by atoms with E-state index in [4.69, 9.17) is 9.47 Å². The van der Waals surface area contributed by atoms with Gasteiger partial charge < -0.3 is 35.2 Å². The first-order chi connectivity index (χ1) is 30.6. The van der Waals surface area contributed by atoms with Crippen LogP contribution in [0.15, 0.2) is 78.3 Å². The molecule has 0 aliphatic carbocycles. The van der Waals surface area contributed by atoms with Crippen molar-refractivity contribution in [3.8, 4) is 0 Å². The predicted molar refractivity (Wildman–Crippen MR) is 257 cm³/mol. The molecule has 2 heterocycles. The molecule has 0 bridgehead atoms. The van der Waals surface area contributed by atoms with Crippen LogP contribution in [0.5, 0.6) is 0 Å². The Hall–Kier alpha value is -4.63. The number of benzene rings is 2. The van der Waals surface area contributed by atoms with E-state index in [0.29, 0.717) is 32.4 Å². The molecule has 2 aromatic carbocycles. The van der Waals surface area contributed by atoms with E-state index < -0.39 is 36.3 Å². The molecular formula is C50H75N7O6S. The van der Waals surface area contributed by atoms with Crippen molar-refractivity contribution in [3.05, 3.63) is 94.5 Å². The van der Waals surface area contributed by atoms with Gasteiger partial charge in [-0.2, -0.15) is 0 Å². The van der Waals surface area contributed by atoms with Gasteiger partial charge in [-0.3, -0.25) is 24.1 Å². The standard InChI is InChI=1S/C50H75N7O6S/c1-13-34(6)45(56(10)50(61)43(32(2)3)54-48(60)44(33(4)5)55(9)28-25-36-21-23-38(51-8)24-22-36)41(62-11)31-42(58)57-27-17-20-40(57)46(63-12)35(7)47(59)53-39(49-52-26-29-64-49)30-37-18-15-14-16-19-37/h14-16,18-19,21-24,26,29,32-33,35,39-41,43-46,51H,6,13,17,20,25,27-28,30-31H2,1-5,7-12H3,(H,53,59)(H,54,60)/t35-,39+,40+,41-,43+,44+,45+,46-/m1/s1. The molecule has 4 rings (SSSR count). The molecule has 4 amide bonds. The second kappa shape index (κ2) is 25.2. The van der Waals surface area contributed by atoms with Crippen molar-refractivity contribution < 1.29 is 28.7 Å². The van der Waals surface area contributed by atoms with Crippen LogP contribution in [0.3, 0.4) is 0 Å². The SMILES string of the molecule is C=C(CC)[C@@H]([C@@H](CC(=O)N1CCC[C@H]1[C@H](OC)[C@@H](C)C(=O)N[C@@H](Cc1ccccc1)c1nccs1)OC)N(C)C(=O)[C@@H](NC(=O)[C@H](C(C)C)N(C)CCc1ccc(NC)cc1)C(C)C. The Morgan fingerprint density at radius 3 is 2.16 bits per heavy atom. The molecule has 8 atom stereocenters. The minimum atomic E-state index is -0.831. The van der Waals surface area contributed by atoms with Crippen LogP contribution in [0.2, 0.25) is 0 Å². The van der Waals surface area contributed by atoms with Gasteiger partial charge in [0.15, 0.2) is 0 Å². The van der Waals surface area contributed by atoms with Crippen molar-refractivity contribution in [3.63, 3.8) is 0 Å². The van der Waals surface area contributed by atoms with Gasteiger partial charge in [0.2, 0.25) is 23.6 Å². The van der Waals surface area contributed by atoms with E-state index in [-0.39, 0.29) is 54.0 Å². The van der Waals surface area contributed by atoms with Crippen LogP contribution in [-0.2, 0) is 41.5 Å². The summed E-state index contributed by atoms with van der Waals surface area (Å²) in [5.41, 5.74) is 4.03. The first-order valence-electron chi connectivity index (χ1n) is 22.9. The molecule has 352 valence electrons. The maximum absolute atomic E-state index is 14.6. The number of hydrogen-bond donors (Lipinski definition) is 3. The van der Waals surface area contributed by atoms with E-state index in [0.717, 1.165) is 34.7 Å². The number of thiazole rings is 1. The third-order valence-electron chi connectivity index (χ3n) is 12.8. The number of amides is 4. The Labute approximate surface area is 386 Å². The number of likely N-dealkylation sites (N-methyl/N-ethyl adjacent to an activating group) is 2. The van der Waals surface area contributed by atoms with Crippen molar-refractivity contribution in [2.75, 3.05) is 53.8 Å². The van der Waals surface area contributed by atoms with Crippen LogP contribution in [0, 0.1) is 17.8 Å². The lowest BCUT2D eigenvalue weighted by molar-refractivity contribution is -0.145. The molecule has 0 spiro atoms. The Morgan fingerprint density at radius 1 is 0.906 bits per heavy atom. The van der Waals surface area contributed by atoms with Crippen molar-refractivity contribution >= 4 is 40.7 Å². The average molecular weight is 902 g/mol. The topological polar surface area (TPSA) is 145 Å². The van der Waals surface area contributed by atoms with E-state index in [1.807, 2.05) is 108 Å². The smallest absolute Gasteiger partial charge is 0.245 e. The number of hydrogen-bond acceptors (Lipinski definition) is 10. The number of nitrogens with one attached hydrogen (secondary N) is 3. The molecule has 0 radical (unpaired) electrons. The van der Waals surface area contributed by atoms with E-state index >= 15 is 0 Å². The molecule has 1 aliphatic heterocycles. The zero-order chi connectivity index (χ0) is 47.1. The summed E-state index contributed by atoms with van der Waals surface area (Å²) < 4.78 is 12.1. The first-order valence-corrected chi connectivity index (χ1v) is 23.7. The highest BCUT2D eigenvalue weighted by Gasteiger charge is 2.43. The number of rotatable bonds is 25. The van der Waals surface area contributed by atoms with Gasteiger partial charge in [-0.05, 0) is 74.2 Å². The molecule has 64 heavy (non-hydrogen) atoms. The molecule has 13 nitrogen and oxygen atoms in total. The van der Waals surface area contributed by atoms with Crippen LogP contribution in [0.1, 0.15) is 89.4 Å². The maximum atomic E-state index is 14.6. The summed E-state index contributed by atoms with van der Waals surface area (Å²) in [5, 5.41) is 12.2. The number of likely N-dealkylation sites (tertiary alicyclic amines) is 1. The first kappa shape index (κ1) is 52.0. The van der Waals surface area contributed by atoms with Gasteiger partial charge in [0.25, 0.3) is 0 Å². The van der Waals surface area contributed by atoms with Crippen LogP contribution in [-0.4, -0.2) is 128 Å². The highest BCUT2D eigenvalue weighted by molar-refractivity contribution is 7.09. The maximum Gasteiger partial charge on any atom is 0.245 e. The molecule has 1 fully saturated rings. The normalized spacial score (nSPS) is 17.3. The molecule has 0 unspecified atom stereocenters. The van der Waals surface area contributed by atoms with Gasteiger partial charge in [0.05, 0.1) is 48.7 Å². The summed E-state index contributed by atoms with van der Waals surface area (Å²) in [6, 6.07) is 15.6. The summed E-state index contributed by atoms with van der Waals surface area (Å²) in [6.07, 6.45) is 3.76. The fourth-order valence-corrected chi connectivity index (χ4v) is 9.75. The van der Waals surface area contributed by atoms with Crippen LogP contribution in [0.25, 0.3) is 0 Å². The fourth-order valence-electron chi connectivity index (χ4n) is 9.06. The van der Waals surface area contributed by atoms with Crippen LogP contribution >= 0.6 is 11.3 Å². The van der Waals surface area contributed by atoms with Crippen LogP contribution < -0.4 is 16.0 Å². The number of carbonyl (C=O) groups excluding carboxylic acids is 4. The van der Waals surface area contributed by atoms with Gasteiger partial charge >= 0.3 is 0 Å². The fraction of sp³-hybridized carbons (Fsp3) is 0.580. The zero-order valence-corrected chi connectivity index (χ0v) is 41.0. The monoisotopic (exact) mass is 902 g/mol. The Balaban J connectivity index is 1.47. The molecule has 0 saturated carbocycles. The summed E-state index contributed by atoms with van der Waals surface area (Å²) >= 11 is 1.50. The quantitative estimate of drug-likeness (QED) is 0.0786. The predicted octanol–water partition coefficient (Wildman–Crippen LogP) is 6.77. The van der Waals surface area contributed by atoms with Crippen molar-refractivity contribution in [1.82, 2.24) is 30.3 Å². The minimum Gasteiger partial charge on any atom is -0.388 e. The van der Waals surface area contributed by atoms with E-state index in [1.54, 1.807) is 32.4 Å². The number of anilines is 1. The zero-order valence-electron chi connectivity index (χ0n) is 40.1. The number of methoxy groups -OCH3 is 2. The van der Waals surface area contributed by atoms with Crippen molar-refractivity contribution in [2.24, 2.45) is 17.8 Å². The number of aromatic nitrogens is 1. The van der Waals surface area contributed by atoms with Gasteiger partial charge in [-0.15, -0.1) is 11.3 Å². The second-order valence-corrected chi connectivity index (χ2v) is 18.8. The molecule has 1 saturated heterocycles. The van der Waals surface area contributed by atoms with Crippen molar-refractivity contribution in [2.45, 2.75) is 122 Å². The van der Waals surface area contributed by atoms with Gasteiger partial charge in [0, 0.05) is 58.7 Å². The summed E-state index contributed by atoms with van der Waals surface area (Å²) in [7, 11) is 8.68. The summed E-state index contributed by atoms with van der Waals surface area (Å²) in [5.74, 6) is -1.65. The molecule has 3 aromatic rings. The molecule has 1 aliphatic rings. The van der Waals surface area contributed by atoms with E-state index in [9.17, 15) is 19.2 Å². The largest absolute Gasteiger partial charge is 0.388 e. The van der Waals surface area contributed by atoms with Gasteiger partial charge in [-0.1, -0.05) is 96.2 Å². The van der Waals surface area contributed by atoms with E-state index in [2.05, 4.69) is 44.5 Å². The Morgan fingerprint density at radius 2 is 1.59 bits per heavy atom. The molecular weight excluding hydrogens is 827 g/mol. The lowest BCUT2D eigenvalue weighted by Crippen LogP contribution is -2.59. The third kappa shape index (κ3) is 13.7. The highest BCUT2D eigenvalue weighted by Crippen LogP contribution is 2.30. The highest BCUT2D eigenvalue weighted by atomic mass is 32.1. The van der Waals surface area contributed by atoms with Crippen molar-refractivity contribution in [1.29, 1.82) is 0 Å². The molecule has 14 heteroatoms. The molecule has 1 aromatic heterocycles. The third-order valence-corrected chi connectivity index (χ3v) is 13.7. The Kier molecular flexibility index (Phi) is 20.4. The van der Waals surface area contributed by atoms with Crippen LogP contribution in [0.4, 0.5) is 5.69 Å². The number of carbonyl (C=O) groups is 4. The number of nitrogens with zero attached hydrogens (tertiary/aromatic N) is 4.